The van der Waals surface area contributed by atoms with Crippen molar-refractivity contribution in [1.29, 1.82) is 0 Å². The van der Waals surface area contributed by atoms with Crippen LogP contribution < -0.4 is 9.47 Å². The van der Waals surface area contributed by atoms with Gasteiger partial charge in [0.1, 0.15) is 0 Å². The molecule has 0 aliphatic heterocycles. The Morgan fingerprint density at radius 2 is 1.86 bits per heavy atom. The van der Waals surface area contributed by atoms with E-state index in [0.29, 0.717) is 6.42 Å². The van der Waals surface area contributed by atoms with E-state index >= 15 is 0 Å². The lowest BCUT2D eigenvalue weighted by Gasteiger charge is -2.16. The number of rotatable bonds is 9. The number of hydrogen-bond acceptors (Lipinski definition) is 3. The minimum absolute atomic E-state index is 0.226. The molecule has 0 radical (unpaired) electrons. The summed E-state index contributed by atoms with van der Waals surface area (Å²) in [7, 11) is 5.14. The van der Waals surface area contributed by atoms with Crippen LogP contribution in [0, 0.1) is 0 Å². The number of methoxy groups -OCH3 is 2. The molecule has 0 N–H and O–H groups in total. The van der Waals surface area contributed by atoms with E-state index < -0.39 is 0 Å². The van der Waals surface area contributed by atoms with Gasteiger partial charge in [0, 0.05) is 20.0 Å². The molecule has 0 spiro atoms. The predicted octanol–water partition coefficient (Wildman–Crippen LogP) is 3.29. The van der Waals surface area contributed by atoms with E-state index in [1.54, 1.807) is 14.2 Å². The first-order valence-corrected chi connectivity index (χ1v) is 7.57. The summed E-state index contributed by atoms with van der Waals surface area (Å²) in [5.41, 5.74) is 1.16. The number of carbonyl (C=O) groups is 1. The number of amides is 1. The maximum atomic E-state index is 11.9. The van der Waals surface area contributed by atoms with E-state index in [2.05, 4.69) is 6.92 Å². The first-order valence-electron chi connectivity index (χ1n) is 7.57. The van der Waals surface area contributed by atoms with Gasteiger partial charge in [0.2, 0.25) is 5.91 Å². The fourth-order valence-electron chi connectivity index (χ4n) is 2.19. The first-order chi connectivity index (χ1) is 10.1. The fraction of sp³-hybridized carbons (Fsp3) is 0.588. The zero-order valence-corrected chi connectivity index (χ0v) is 13.6. The highest BCUT2D eigenvalue weighted by molar-refractivity contribution is 5.75. The van der Waals surface area contributed by atoms with E-state index in [1.165, 1.54) is 0 Å². The Balaban J connectivity index is 2.43. The highest BCUT2D eigenvalue weighted by atomic mass is 16.5. The van der Waals surface area contributed by atoms with Crippen molar-refractivity contribution >= 4 is 5.91 Å². The number of carbonyl (C=O) groups excluding carboxylic acids is 1. The molecule has 4 heteroatoms. The van der Waals surface area contributed by atoms with Gasteiger partial charge in [-0.25, -0.2) is 0 Å². The van der Waals surface area contributed by atoms with Gasteiger partial charge < -0.3 is 14.4 Å². The van der Waals surface area contributed by atoms with Crippen molar-refractivity contribution in [2.45, 2.75) is 39.0 Å². The second-order valence-electron chi connectivity index (χ2n) is 5.21. The maximum absolute atomic E-state index is 11.9. The van der Waals surface area contributed by atoms with E-state index in [0.717, 1.165) is 49.3 Å². The molecular weight excluding hydrogens is 266 g/mol. The van der Waals surface area contributed by atoms with Crippen LogP contribution >= 0.6 is 0 Å². The number of unbranched alkanes of at least 4 members (excludes halogenated alkanes) is 1. The minimum atomic E-state index is 0.226. The van der Waals surface area contributed by atoms with Gasteiger partial charge >= 0.3 is 0 Å². The quantitative estimate of drug-likeness (QED) is 0.701. The lowest BCUT2D eigenvalue weighted by atomic mass is 10.1. The maximum Gasteiger partial charge on any atom is 0.222 e. The second kappa shape index (κ2) is 9.27. The number of aryl methyl sites for hydroxylation is 1. The summed E-state index contributed by atoms with van der Waals surface area (Å²) in [5.74, 6) is 1.70. The summed E-state index contributed by atoms with van der Waals surface area (Å²) >= 11 is 0. The van der Waals surface area contributed by atoms with Crippen molar-refractivity contribution in [2.75, 3.05) is 27.8 Å². The van der Waals surface area contributed by atoms with Crippen LogP contribution in [0.25, 0.3) is 0 Å². The summed E-state index contributed by atoms with van der Waals surface area (Å²) in [5, 5.41) is 0. The standard InChI is InChI=1S/C17H27NO3/c1-5-6-12-18(2)17(19)9-7-8-14-10-11-15(20-3)16(13-14)21-4/h10-11,13H,5-9,12H2,1-4H3. The lowest BCUT2D eigenvalue weighted by Crippen LogP contribution is -2.27. The Hall–Kier alpha value is -1.71. The molecule has 1 rings (SSSR count). The van der Waals surface area contributed by atoms with Gasteiger partial charge in [0.05, 0.1) is 14.2 Å². The van der Waals surface area contributed by atoms with Crippen molar-refractivity contribution in [3.05, 3.63) is 23.8 Å². The SMILES string of the molecule is CCCCN(C)C(=O)CCCc1ccc(OC)c(OC)c1. The topological polar surface area (TPSA) is 38.8 Å². The summed E-state index contributed by atoms with van der Waals surface area (Å²) in [6, 6.07) is 5.90. The van der Waals surface area contributed by atoms with Crippen LogP contribution in [0.4, 0.5) is 0 Å². The molecular formula is C17H27NO3. The van der Waals surface area contributed by atoms with Crippen molar-refractivity contribution in [3.63, 3.8) is 0 Å². The van der Waals surface area contributed by atoms with Crippen LogP contribution in [0.5, 0.6) is 11.5 Å². The van der Waals surface area contributed by atoms with Crippen molar-refractivity contribution < 1.29 is 14.3 Å². The Kier molecular flexibility index (Phi) is 7.65. The smallest absolute Gasteiger partial charge is 0.222 e. The monoisotopic (exact) mass is 293 g/mol. The largest absolute Gasteiger partial charge is 0.493 e. The third kappa shape index (κ3) is 5.66. The molecule has 0 saturated carbocycles. The Morgan fingerprint density at radius 1 is 1.14 bits per heavy atom. The first kappa shape index (κ1) is 17.3. The number of ether oxygens (including phenoxy) is 2. The van der Waals surface area contributed by atoms with Gasteiger partial charge in [0.25, 0.3) is 0 Å². The summed E-state index contributed by atoms with van der Waals surface area (Å²) in [4.78, 5) is 13.8. The molecule has 0 atom stereocenters. The third-order valence-electron chi connectivity index (χ3n) is 3.58. The number of hydrogen-bond donors (Lipinski definition) is 0. The molecule has 0 bridgehead atoms. The molecule has 0 aliphatic rings. The van der Waals surface area contributed by atoms with Crippen LogP contribution in [0.2, 0.25) is 0 Å². The second-order valence-corrected chi connectivity index (χ2v) is 5.21. The Bertz CT molecular complexity index is 446. The van der Waals surface area contributed by atoms with Crippen LogP contribution in [-0.4, -0.2) is 38.6 Å². The van der Waals surface area contributed by atoms with Gasteiger partial charge in [-0.1, -0.05) is 19.4 Å². The zero-order valence-electron chi connectivity index (χ0n) is 13.6. The molecule has 0 saturated heterocycles. The molecule has 0 fully saturated rings. The average molecular weight is 293 g/mol. The third-order valence-corrected chi connectivity index (χ3v) is 3.58. The number of nitrogens with zero attached hydrogens (tertiary/aromatic N) is 1. The molecule has 0 unspecified atom stereocenters. The molecule has 1 amide bonds. The summed E-state index contributed by atoms with van der Waals surface area (Å²) in [6.07, 6.45) is 4.49. The van der Waals surface area contributed by atoms with Gasteiger partial charge in [-0.15, -0.1) is 0 Å². The fourth-order valence-corrected chi connectivity index (χ4v) is 2.19. The van der Waals surface area contributed by atoms with Gasteiger partial charge in [0.15, 0.2) is 11.5 Å². The molecule has 0 aliphatic carbocycles. The molecule has 1 aromatic carbocycles. The normalized spacial score (nSPS) is 10.3. The van der Waals surface area contributed by atoms with E-state index in [9.17, 15) is 4.79 Å². The van der Waals surface area contributed by atoms with Crippen LogP contribution in [0.3, 0.4) is 0 Å². The van der Waals surface area contributed by atoms with E-state index in [-0.39, 0.29) is 5.91 Å². The highest BCUT2D eigenvalue weighted by Crippen LogP contribution is 2.28. The predicted molar refractivity (Wildman–Crippen MR) is 85.0 cm³/mol. The molecule has 4 nitrogen and oxygen atoms in total. The van der Waals surface area contributed by atoms with E-state index in [4.69, 9.17) is 9.47 Å². The van der Waals surface area contributed by atoms with Gasteiger partial charge in [-0.2, -0.15) is 0 Å². The molecule has 21 heavy (non-hydrogen) atoms. The van der Waals surface area contributed by atoms with Gasteiger partial charge in [-0.3, -0.25) is 4.79 Å². The molecule has 1 aromatic rings. The van der Waals surface area contributed by atoms with Crippen LogP contribution in [-0.2, 0) is 11.2 Å². The molecule has 0 aromatic heterocycles. The Morgan fingerprint density at radius 3 is 2.48 bits per heavy atom. The van der Waals surface area contributed by atoms with Crippen LogP contribution in [0.15, 0.2) is 18.2 Å². The zero-order chi connectivity index (χ0) is 15.7. The van der Waals surface area contributed by atoms with Crippen molar-refractivity contribution in [3.8, 4) is 11.5 Å². The minimum Gasteiger partial charge on any atom is -0.493 e. The molecule has 0 heterocycles. The average Bonchev–Trinajstić information content (AvgIpc) is 2.52. The van der Waals surface area contributed by atoms with E-state index in [1.807, 2.05) is 30.1 Å². The van der Waals surface area contributed by atoms with Crippen molar-refractivity contribution in [1.82, 2.24) is 4.90 Å². The highest BCUT2D eigenvalue weighted by Gasteiger charge is 2.09. The summed E-state index contributed by atoms with van der Waals surface area (Å²) in [6.45, 7) is 2.99. The molecule has 118 valence electrons. The van der Waals surface area contributed by atoms with Crippen LogP contribution in [0.1, 0.15) is 38.2 Å². The lowest BCUT2D eigenvalue weighted by molar-refractivity contribution is -0.130. The Labute approximate surface area is 128 Å². The number of benzene rings is 1. The van der Waals surface area contributed by atoms with Gasteiger partial charge in [-0.05, 0) is 37.0 Å². The summed E-state index contributed by atoms with van der Waals surface area (Å²) < 4.78 is 10.5. The van der Waals surface area contributed by atoms with Crippen molar-refractivity contribution in [2.24, 2.45) is 0 Å².